The molecule has 3 nitrogen and oxygen atoms in total. The van der Waals surface area contributed by atoms with Crippen LogP contribution >= 0.6 is 11.3 Å². The summed E-state index contributed by atoms with van der Waals surface area (Å²) >= 11 is 1.64. The molecular weight excluding hydrogens is 287 g/mol. The Morgan fingerprint density at radius 2 is 2.10 bits per heavy atom. The molecule has 0 fully saturated rings. The van der Waals surface area contributed by atoms with E-state index in [1.165, 1.54) is 11.6 Å². The predicted molar refractivity (Wildman–Crippen MR) is 83.9 cm³/mol. The molecule has 1 atom stereocenters. The van der Waals surface area contributed by atoms with Gasteiger partial charge in [0, 0.05) is 6.54 Å². The van der Waals surface area contributed by atoms with Gasteiger partial charge in [0.05, 0.1) is 12.5 Å². The topological polar surface area (TPSA) is 32.3 Å². The van der Waals surface area contributed by atoms with Crippen LogP contribution in [0, 0.1) is 5.82 Å². The number of amides is 1. The summed E-state index contributed by atoms with van der Waals surface area (Å²) in [5.74, 6) is -0.503. The summed E-state index contributed by atoms with van der Waals surface area (Å²) in [6.45, 7) is 0.511. The van der Waals surface area contributed by atoms with Gasteiger partial charge in [-0.3, -0.25) is 4.79 Å². The lowest BCUT2D eigenvalue weighted by molar-refractivity contribution is -0.120. The third-order valence-corrected chi connectivity index (χ3v) is 4.05. The highest BCUT2D eigenvalue weighted by Gasteiger charge is 2.16. The fourth-order valence-electron chi connectivity index (χ4n) is 2.15. The fourth-order valence-corrected chi connectivity index (χ4v) is 2.86. The van der Waals surface area contributed by atoms with E-state index in [1.807, 2.05) is 19.5 Å². The Kier molecular flexibility index (Phi) is 5.47. The average molecular weight is 306 g/mol. The van der Waals surface area contributed by atoms with Crippen LogP contribution in [-0.4, -0.2) is 31.4 Å². The first kappa shape index (κ1) is 15.7. The lowest BCUT2D eigenvalue weighted by Crippen LogP contribution is -2.35. The maximum Gasteiger partial charge on any atom is 0.224 e. The minimum Gasteiger partial charge on any atom is -0.354 e. The van der Waals surface area contributed by atoms with E-state index in [-0.39, 0.29) is 24.2 Å². The summed E-state index contributed by atoms with van der Waals surface area (Å²) in [4.78, 5) is 14.0. The highest BCUT2D eigenvalue weighted by atomic mass is 32.1. The summed E-state index contributed by atoms with van der Waals surface area (Å²) in [7, 11) is 3.96. The lowest BCUT2D eigenvalue weighted by Gasteiger charge is -2.24. The van der Waals surface area contributed by atoms with Gasteiger partial charge in [0.25, 0.3) is 0 Å². The van der Waals surface area contributed by atoms with Gasteiger partial charge in [-0.2, -0.15) is 11.3 Å². The zero-order valence-corrected chi connectivity index (χ0v) is 13.0. The minimum atomic E-state index is -0.338. The van der Waals surface area contributed by atoms with Gasteiger partial charge in [0.15, 0.2) is 0 Å². The standard InChI is InChI=1S/C16H19FN2OS/c1-19(2)15(13-7-8-21-11-13)10-18-16(20)9-12-5-3-4-6-14(12)17/h3-8,11,15H,9-10H2,1-2H3,(H,18,20)/t15-/m0/s1. The third-order valence-electron chi connectivity index (χ3n) is 3.35. The van der Waals surface area contributed by atoms with Crippen LogP contribution in [-0.2, 0) is 11.2 Å². The molecule has 1 heterocycles. The highest BCUT2D eigenvalue weighted by molar-refractivity contribution is 7.07. The Morgan fingerprint density at radius 3 is 2.71 bits per heavy atom. The second kappa shape index (κ2) is 7.33. The molecule has 0 aliphatic heterocycles. The Labute approximate surface area is 128 Å². The molecule has 112 valence electrons. The number of carbonyl (C=O) groups is 1. The van der Waals surface area contributed by atoms with Crippen molar-refractivity contribution in [1.29, 1.82) is 0 Å². The van der Waals surface area contributed by atoms with Gasteiger partial charge in [-0.05, 0) is 48.1 Å². The van der Waals surface area contributed by atoms with Gasteiger partial charge in [-0.15, -0.1) is 0 Å². The molecule has 5 heteroatoms. The number of halogens is 1. The van der Waals surface area contributed by atoms with Gasteiger partial charge in [0.2, 0.25) is 5.91 Å². The van der Waals surface area contributed by atoms with E-state index in [1.54, 1.807) is 29.5 Å². The molecule has 1 aromatic carbocycles. The van der Waals surface area contributed by atoms with E-state index < -0.39 is 0 Å². The Morgan fingerprint density at radius 1 is 1.33 bits per heavy atom. The molecule has 0 unspecified atom stereocenters. The van der Waals surface area contributed by atoms with Crippen LogP contribution in [0.15, 0.2) is 41.1 Å². The van der Waals surface area contributed by atoms with Gasteiger partial charge in [-0.1, -0.05) is 18.2 Å². The minimum absolute atomic E-state index is 0.0659. The van der Waals surface area contributed by atoms with Crippen molar-refractivity contribution in [2.75, 3.05) is 20.6 Å². The number of nitrogens with zero attached hydrogens (tertiary/aromatic N) is 1. The SMILES string of the molecule is CN(C)[C@@H](CNC(=O)Cc1ccccc1F)c1ccsc1. The molecule has 0 saturated carbocycles. The number of likely N-dealkylation sites (N-methyl/N-ethyl adjacent to an activating group) is 1. The first-order valence-electron chi connectivity index (χ1n) is 6.76. The molecule has 2 aromatic rings. The van der Waals surface area contributed by atoms with E-state index in [0.717, 1.165) is 0 Å². The molecule has 2 rings (SSSR count). The van der Waals surface area contributed by atoms with Crippen LogP contribution in [0.3, 0.4) is 0 Å². The van der Waals surface area contributed by atoms with Crippen LogP contribution in [0.2, 0.25) is 0 Å². The van der Waals surface area contributed by atoms with Crippen LogP contribution in [0.4, 0.5) is 4.39 Å². The van der Waals surface area contributed by atoms with Crippen LogP contribution < -0.4 is 5.32 Å². The summed E-state index contributed by atoms with van der Waals surface area (Å²) in [6.07, 6.45) is 0.0659. The first-order chi connectivity index (χ1) is 10.1. The van der Waals surface area contributed by atoms with E-state index >= 15 is 0 Å². The zero-order chi connectivity index (χ0) is 15.2. The number of benzene rings is 1. The summed E-state index contributed by atoms with van der Waals surface area (Å²) in [5.41, 5.74) is 1.60. The molecule has 0 aliphatic rings. The Balaban J connectivity index is 1.92. The molecule has 1 amide bonds. The maximum absolute atomic E-state index is 13.5. The Hall–Kier alpha value is -1.72. The second-order valence-corrected chi connectivity index (χ2v) is 5.89. The second-order valence-electron chi connectivity index (χ2n) is 5.11. The molecule has 0 radical (unpaired) electrons. The van der Waals surface area contributed by atoms with Crippen LogP contribution in [0.5, 0.6) is 0 Å². The molecular formula is C16H19FN2OS. The first-order valence-corrected chi connectivity index (χ1v) is 7.71. The summed E-state index contributed by atoms with van der Waals surface area (Å²) < 4.78 is 13.5. The van der Waals surface area contributed by atoms with Crippen molar-refractivity contribution < 1.29 is 9.18 Å². The Bertz CT molecular complexity index is 584. The molecule has 0 spiro atoms. The van der Waals surface area contributed by atoms with E-state index in [4.69, 9.17) is 0 Å². The van der Waals surface area contributed by atoms with Crippen molar-refractivity contribution in [2.45, 2.75) is 12.5 Å². The maximum atomic E-state index is 13.5. The number of nitrogens with one attached hydrogen (secondary N) is 1. The average Bonchev–Trinajstić information content (AvgIpc) is 2.95. The fraction of sp³-hybridized carbons (Fsp3) is 0.312. The summed E-state index contributed by atoms with van der Waals surface area (Å²) in [6, 6.07) is 8.54. The molecule has 0 aliphatic carbocycles. The molecule has 1 aromatic heterocycles. The normalized spacial score (nSPS) is 12.4. The van der Waals surface area contributed by atoms with Gasteiger partial charge in [0.1, 0.15) is 5.82 Å². The van der Waals surface area contributed by atoms with Gasteiger partial charge < -0.3 is 10.2 Å². The van der Waals surface area contributed by atoms with E-state index in [9.17, 15) is 9.18 Å². The van der Waals surface area contributed by atoms with Crippen molar-refractivity contribution >= 4 is 17.2 Å². The van der Waals surface area contributed by atoms with Gasteiger partial charge in [-0.25, -0.2) is 4.39 Å². The summed E-state index contributed by atoms with van der Waals surface area (Å²) in [5, 5.41) is 6.98. The van der Waals surface area contributed by atoms with Crippen molar-refractivity contribution in [2.24, 2.45) is 0 Å². The largest absolute Gasteiger partial charge is 0.354 e. The smallest absolute Gasteiger partial charge is 0.224 e. The molecule has 21 heavy (non-hydrogen) atoms. The number of thiophene rings is 1. The van der Waals surface area contributed by atoms with Crippen molar-refractivity contribution in [3.63, 3.8) is 0 Å². The van der Waals surface area contributed by atoms with Crippen LogP contribution in [0.25, 0.3) is 0 Å². The quantitative estimate of drug-likeness (QED) is 0.890. The molecule has 1 N–H and O–H groups in total. The number of carbonyl (C=O) groups excluding carboxylic acids is 1. The van der Waals surface area contributed by atoms with E-state index in [2.05, 4.69) is 21.7 Å². The molecule has 0 saturated heterocycles. The van der Waals surface area contributed by atoms with E-state index in [0.29, 0.717) is 12.1 Å². The van der Waals surface area contributed by atoms with Crippen molar-refractivity contribution in [3.05, 3.63) is 58.0 Å². The monoisotopic (exact) mass is 306 g/mol. The lowest BCUT2D eigenvalue weighted by atomic mass is 10.1. The van der Waals surface area contributed by atoms with Crippen molar-refractivity contribution in [1.82, 2.24) is 10.2 Å². The third kappa shape index (κ3) is 4.37. The number of hydrogen-bond acceptors (Lipinski definition) is 3. The zero-order valence-electron chi connectivity index (χ0n) is 12.2. The molecule has 0 bridgehead atoms. The number of rotatable bonds is 6. The van der Waals surface area contributed by atoms with Crippen LogP contribution in [0.1, 0.15) is 17.2 Å². The van der Waals surface area contributed by atoms with Crippen molar-refractivity contribution in [3.8, 4) is 0 Å². The number of hydrogen-bond donors (Lipinski definition) is 1. The van der Waals surface area contributed by atoms with Gasteiger partial charge >= 0.3 is 0 Å². The highest BCUT2D eigenvalue weighted by Crippen LogP contribution is 2.20. The predicted octanol–water partition coefficient (Wildman–Crippen LogP) is 2.85.